The van der Waals surface area contributed by atoms with E-state index >= 15 is 0 Å². The Morgan fingerprint density at radius 1 is 1.20 bits per heavy atom. The van der Waals surface area contributed by atoms with E-state index in [1.54, 1.807) is 0 Å². The Kier molecular flexibility index (Phi) is 3.38. The van der Waals surface area contributed by atoms with Gasteiger partial charge in [-0.1, -0.05) is 31.2 Å². The number of hydrogen-bond acceptors (Lipinski definition) is 2. The second kappa shape index (κ2) is 5.06. The molecule has 1 aromatic heterocycles. The van der Waals surface area contributed by atoms with Crippen LogP contribution in [0.3, 0.4) is 0 Å². The van der Waals surface area contributed by atoms with Gasteiger partial charge in [0.05, 0.1) is 17.8 Å². The van der Waals surface area contributed by atoms with Crippen molar-refractivity contribution in [3.63, 3.8) is 0 Å². The summed E-state index contributed by atoms with van der Waals surface area (Å²) in [4.78, 5) is 0. The van der Waals surface area contributed by atoms with Crippen LogP contribution in [0.15, 0.2) is 30.3 Å². The van der Waals surface area contributed by atoms with Crippen molar-refractivity contribution < 1.29 is 0 Å². The molecule has 3 heteroatoms. The molecule has 0 fully saturated rings. The largest absolute Gasteiger partial charge is 0.311 e. The highest BCUT2D eigenvalue weighted by atomic mass is 15.3. The first-order chi connectivity index (χ1) is 9.61. The minimum absolute atomic E-state index is 0.334. The number of hydrogen-bond donors (Lipinski definition) is 1. The van der Waals surface area contributed by atoms with Crippen molar-refractivity contribution in [2.24, 2.45) is 0 Å². The Hall–Kier alpha value is -1.61. The molecule has 1 aliphatic rings. The van der Waals surface area contributed by atoms with Crippen LogP contribution in [-0.2, 0) is 0 Å². The summed E-state index contributed by atoms with van der Waals surface area (Å²) < 4.78 is 2.21. The predicted octanol–water partition coefficient (Wildman–Crippen LogP) is 3.51. The summed E-state index contributed by atoms with van der Waals surface area (Å²) in [7, 11) is 2.05. The first kappa shape index (κ1) is 13.4. The number of nitrogens with zero attached hydrogens (tertiary/aromatic N) is 2. The smallest absolute Gasteiger partial charge is 0.0722 e. The van der Waals surface area contributed by atoms with Crippen molar-refractivity contribution in [1.29, 1.82) is 0 Å². The first-order valence-electron chi connectivity index (χ1n) is 7.40. The lowest BCUT2D eigenvalue weighted by molar-refractivity contribution is 0.285. The highest BCUT2D eigenvalue weighted by Crippen LogP contribution is 2.43. The summed E-state index contributed by atoms with van der Waals surface area (Å²) in [6, 6.07) is 11.7. The van der Waals surface area contributed by atoms with E-state index in [-0.39, 0.29) is 0 Å². The van der Waals surface area contributed by atoms with Gasteiger partial charge < -0.3 is 5.32 Å². The van der Waals surface area contributed by atoms with Crippen LogP contribution < -0.4 is 5.32 Å². The van der Waals surface area contributed by atoms with E-state index in [1.165, 1.54) is 16.8 Å². The lowest BCUT2D eigenvalue weighted by atomic mass is 9.78. The van der Waals surface area contributed by atoms with Crippen molar-refractivity contribution >= 4 is 0 Å². The number of rotatable bonds is 2. The summed E-state index contributed by atoms with van der Waals surface area (Å²) in [6.45, 7) is 6.54. The molecule has 1 aromatic carbocycles. The molecule has 1 aliphatic carbocycles. The summed E-state index contributed by atoms with van der Waals surface area (Å²) >= 11 is 0. The van der Waals surface area contributed by atoms with Crippen LogP contribution in [0.25, 0.3) is 0 Å². The summed E-state index contributed by atoms with van der Waals surface area (Å²) in [6.07, 6.45) is 1.13. The maximum absolute atomic E-state index is 4.72. The average molecular weight is 269 g/mol. The van der Waals surface area contributed by atoms with Crippen molar-refractivity contribution in [1.82, 2.24) is 15.1 Å². The fourth-order valence-corrected chi connectivity index (χ4v) is 3.65. The average Bonchev–Trinajstić information content (AvgIpc) is 2.77. The van der Waals surface area contributed by atoms with Crippen molar-refractivity contribution in [3.05, 3.63) is 52.8 Å². The van der Waals surface area contributed by atoms with E-state index in [2.05, 4.69) is 68.1 Å². The molecule has 20 heavy (non-hydrogen) atoms. The molecular formula is C17H23N3. The van der Waals surface area contributed by atoms with Gasteiger partial charge in [0.25, 0.3) is 0 Å². The van der Waals surface area contributed by atoms with Crippen molar-refractivity contribution in [3.8, 4) is 0 Å². The number of aromatic nitrogens is 2. The van der Waals surface area contributed by atoms with E-state index in [0.29, 0.717) is 18.0 Å². The van der Waals surface area contributed by atoms with Crippen LogP contribution in [0.2, 0.25) is 0 Å². The third-order valence-electron chi connectivity index (χ3n) is 4.51. The third-order valence-corrected chi connectivity index (χ3v) is 4.51. The summed E-state index contributed by atoms with van der Waals surface area (Å²) in [5, 5.41) is 8.22. The molecule has 0 saturated carbocycles. The molecule has 0 amide bonds. The van der Waals surface area contributed by atoms with Gasteiger partial charge in [-0.25, -0.2) is 0 Å². The first-order valence-corrected chi connectivity index (χ1v) is 7.40. The zero-order valence-corrected chi connectivity index (χ0v) is 12.7. The van der Waals surface area contributed by atoms with Gasteiger partial charge in [0, 0.05) is 5.69 Å². The molecule has 106 valence electrons. The zero-order chi connectivity index (χ0) is 14.3. The molecule has 3 atom stereocenters. The van der Waals surface area contributed by atoms with E-state index in [1.807, 2.05) is 0 Å². The fraction of sp³-hybridized carbons (Fsp3) is 0.471. The van der Waals surface area contributed by atoms with Crippen LogP contribution in [-0.4, -0.2) is 16.8 Å². The minimum atomic E-state index is 0.334. The van der Waals surface area contributed by atoms with Crippen LogP contribution in [0, 0.1) is 13.8 Å². The van der Waals surface area contributed by atoms with Crippen molar-refractivity contribution in [2.75, 3.05) is 7.05 Å². The normalized spacial score (nSPS) is 25.5. The summed E-state index contributed by atoms with van der Waals surface area (Å²) in [5.41, 5.74) is 5.25. The highest BCUT2D eigenvalue weighted by Gasteiger charge is 2.34. The Labute approximate surface area is 121 Å². The van der Waals surface area contributed by atoms with E-state index in [9.17, 15) is 0 Å². The molecule has 3 unspecified atom stereocenters. The predicted molar refractivity (Wildman–Crippen MR) is 82.0 cm³/mol. The quantitative estimate of drug-likeness (QED) is 0.904. The second-order valence-electron chi connectivity index (χ2n) is 5.97. The third kappa shape index (κ3) is 2.06. The maximum atomic E-state index is 4.72. The van der Waals surface area contributed by atoms with Gasteiger partial charge in [-0.2, -0.15) is 5.10 Å². The van der Waals surface area contributed by atoms with Gasteiger partial charge in [-0.05, 0) is 50.4 Å². The van der Waals surface area contributed by atoms with Gasteiger partial charge in [0.15, 0.2) is 0 Å². The topological polar surface area (TPSA) is 29.9 Å². The molecule has 0 spiro atoms. The number of aryl methyl sites for hydroxylation is 2. The molecule has 0 saturated heterocycles. The molecule has 3 rings (SSSR count). The van der Waals surface area contributed by atoms with Gasteiger partial charge in [-0.3, -0.25) is 4.68 Å². The lowest BCUT2D eigenvalue weighted by Crippen LogP contribution is -2.34. The highest BCUT2D eigenvalue weighted by molar-refractivity contribution is 5.36. The van der Waals surface area contributed by atoms with Crippen LogP contribution >= 0.6 is 0 Å². The van der Waals surface area contributed by atoms with E-state index in [4.69, 9.17) is 5.10 Å². The Balaban J connectivity index is 2.08. The van der Waals surface area contributed by atoms with Crippen LogP contribution in [0.1, 0.15) is 53.9 Å². The molecule has 1 heterocycles. The fourth-order valence-electron chi connectivity index (χ4n) is 3.65. The molecular weight excluding hydrogens is 246 g/mol. The number of likely N-dealkylation sites (N-methyl/N-ethyl adjacent to an activating group) is 1. The van der Waals surface area contributed by atoms with E-state index in [0.717, 1.165) is 12.1 Å². The Bertz CT molecular complexity index is 614. The summed E-state index contributed by atoms with van der Waals surface area (Å²) in [5.74, 6) is 0.574. The molecule has 0 aliphatic heterocycles. The molecule has 0 bridgehead atoms. The Morgan fingerprint density at radius 2 is 1.90 bits per heavy atom. The van der Waals surface area contributed by atoms with Gasteiger partial charge in [-0.15, -0.1) is 0 Å². The lowest BCUT2D eigenvalue weighted by Gasteiger charge is -2.37. The molecule has 3 nitrogen and oxygen atoms in total. The second-order valence-corrected chi connectivity index (χ2v) is 5.97. The minimum Gasteiger partial charge on any atom is -0.311 e. The molecule has 0 radical (unpaired) electrons. The van der Waals surface area contributed by atoms with Gasteiger partial charge in [0.1, 0.15) is 0 Å². The SMILES string of the molecule is CNC1c2ccccc2C(C)CC1n1nc(C)cc1C. The van der Waals surface area contributed by atoms with Crippen LogP contribution in [0.4, 0.5) is 0 Å². The number of nitrogens with one attached hydrogen (secondary N) is 1. The zero-order valence-electron chi connectivity index (χ0n) is 12.7. The number of fused-ring (bicyclic) bond motifs is 1. The standard InChI is InChI=1S/C17H23N3/c1-11-9-16(20-13(3)10-12(2)19-20)17(18-4)15-8-6-5-7-14(11)15/h5-8,10-11,16-18H,9H2,1-4H3. The van der Waals surface area contributed by atoms with Gasteiger partial charge >= 0.3 is 0 Å². The Morgan fingerprint density at radius 3 is 2.50 bits per heavy atom. The van der Waals surface area contributed by atoms with Gasteiger partial charge in [0.2, 0.25) is 0 Å². The van der Waals surface area contributed by atoms with Crippen molar-refractivity contribution in [2.45, 2.75) is 45.2 Å². The molecule has 1 N–H and O–H groups in total. The molecule has 2 aromatic rings. The number of benzene rings is 1. The monoisotopic (exact) mass is 269 g/mol. The maximum Gasteiger partial charge on any atom is 0.0722 e. The van der Waals surface area contributed by atoms with E-state index < -0.39 is 0 Å². The van der Waals surface area contributed by atoms with Crippen LogP contribution in [0.5, 0.6) is 0 Å².